The summed E-state index contributed by atoms with van der Waals surface area (Å²) in [6.45, 7) is 6.23. The van der Waals surface area contributed by atoms with Crippen molar-refractivity contribution >= 4 is 17.5 Å². The van der Waals surface area contributed by atoms with Gasteiger partial charge >= 0.3 is 0 Å². The van der Waals surface area contributed by atoms with Crippen LogP contribution in [0.3, 0.4) is 0 Å². The highest BCUT2D eigenvalue weighted by Gasteiger charge is 2.14. The van der Waals surface area contributed by atoms with Crippen LogP contribution in [0.1, 0.15) is 11.1 Å². The zero-order chi connectivity index (χ0) is 19.6. The first-order valence-corrected chi connectivity index (χ1v) is 9.24. The van der Waals surface area contributed by atoms with Crippen LogP contribution in [0.4, 0.5) is 11.4 Å². The molecule has 0 aliphatic rings. The van der Waals surface area contributed by atoms with Crippen LogP contribution in [0.25, 0.3) is 28.3 Å². The van der Waals surface area contributed by atoms with Crippen molar-refractivity contribution in [3.05, 3.63) is 78.4 Å². The van der Waals surface area contributed by atoms with E-state index in [2.05, 4.69) is 112 Å². The number of hydrogen-bond donors (Lipinski definition) is 0. The molecule has 0 bridgehead atoms. The van der Waals surface area contributed by atoms with Crippen molar-refractivity contribution in [1.82, 2.24) is 0 Å². The van der Waals surface area contributed by atoms with Crippen molar-refractivity contribution in [3.8, 4) is 22.3 Å². The molecule has 0 aromatic heterocycles. The summed E-state index contributed by atoms with van der Waals surface area (Å²) >= 11 is 0. The SMILES string of the molecule is C=Cc1ccc(C)c(-c2ccc(N(C)C)cc2)c1-c1ccc(N(C)C)cc1. The maximum Gasteiger partial charge on any atom is 0.0361 e. The van der Waals surface area contributed by atoms with Gasteiger partial charge in [-0.2, -0.15) is 0 Å². The highest BCUT2D eigenvalue weighted by molar-refractivity contribution is 5.91. The molecule has 3 aromatic carbocycles. The highest BCUT2D eigenvalue weighted by atomic mass is 15.1. The van der Waals surface area contributed by atoms with Crippen LogP contribution >= 0.6 is 0 Å². The fraction of sp³-hybridized carbons (Fsp3) is 0.200. The van der Waals surface area contributed by atoms with Crippen molar-refractivity contribution in [2.24, 2.45) is 0 Å². The molecule has 0 spiro atoms. The molecular weight excluding hydrogens is 328 g/mol. The molecule has 0 heterocycles. The summed E-state index contributed by atoms with van der Waals surface area (Å²) in [5, 5.41) is 0. The normalized spacial score (nSPS) is 10.6. The summed E-state index contributed by atoms with van der Waals surface area (Å²) in [4.78, 5) is 4.24. The standard InChI is InChI=1S/C25H28N2/c1-7-19-9-8-18(2)24(20-10-14-22(15-11-20)26(3)4)25(19)21-12-16-23(17-13-21)27(5)6/h7-17H,1H2,2-6H3. The summed E-state index contributed by atoms with van der Waals surface area (Å²) in [5.74, 6) is 0. The molecule has 0 unspecified atom stereocenters. The number of hydrogen-bond acceptors (Lipinski definition) is 2. The molecular formula is C25H28N2. The molecule has 138 valence electrons. The summed E-state index contributed by atoms with van der Waals surface area (Å²) in [5.41, 5.74) is 9.79. The second kappa shape index (κ2) is 7.71. The van der Waals surface area contributed by atoms with Gasteiger partial charge in [-0.15, -0.1) is 0 Å². The van der Waals surface area contributed by atoms with Gasteiger partial charge in [-0.25, -0.2) is 0 Å². The van der Waals surface area contributed by atoms with Crippen molar-refractivity contribution in [2.75, 3.05) is 38.0 Å². The third-order valence-corrected chi connectivity index (χ3v) is 5.01. The van der Waals surface area contributed by atoms with Crippen molar-refractivity contribution < 1.29 is 0 Å². The van der Waals surface area contributed by atoms with Crippen LogP contribution < -0.4 is 9.80 Å². The van der Waals surface area contributed by atoms with Gasteiger partial charge in [0, 0.05) is 39.6 Å². The first kappa shape index (κ1) is 18.8. The Balaban J connectivity index is 2.20. The van der Waals surface area contributed by atoms with Crippen LogP contribution in [0.2, 0.25) is 0 Å². The van der Waals surface area contributed by atoms with E-state index in [0.717, 1.165) is 5.56 Å². The molecule has 3 aromatic rings. The highest BCUT2D eigenvalue weighted by Crippen LogP contribution is 2.39. The lowest BCUT2D eigenvalue weighted by Crippen LogP contribution is -2.08. The minimum atomic E-state index is 1.16. The van der Waals surface area contributed by atoms with Gasteiger partial charge in [0.2, 0.25) is 0 Å². The summed E-state index contributed by atoms with van der Waals surface area (Å²) in [6.07, 6.45) is 1.95. The van der Waals surface area contributed by atoms with Gasteiger partial charge in [-0.3, -0.25) is 0 Å². The van der Waals surface area contributed by atoms with Gasteiger partial charge < -0.3 is 9.80 Å². The Bertz CT molecular complexity index is 933. The Kier molecular flexibility index (Phi) is 5.36. The van der Waals surface area contributed by atoms with Crippen LogP contribution in [0.15, 0.2) is 67.2 Å². The summed E-state index contributed by atoms with van der Waals surface area (Å²) in [7, 11) is 8.26. The maximum atomic E-state index is 4.05. The van der Waals surface area contributed by atoms with Gasteiger partial charge in [0.15, 0.2) is 0 Å². The Morgan fingerprint density at radius 3 is 1.48 bits per heavy atom. The Hall–Kier alpha value is -3.00. The minimum absolute atomic E-state index is 1.16. The van der Waals surface area contributed by atoms with E-state index in [1.807, 2.05) is 6.08 Å². The molecule has 3 rings (SSSR count). The molecule has 0 fully saturated rings. The van der Waals surface area contributed by atoms with Gasteiger partial charge in [-0.1, -0.05) is 49.1 Å². The predicted molar refractivity (Wildman–Crippen MR) is 121 cm³/mol. The van der Waals surface area contributed by atoms with E-state index in [-0.39, 0.29) is 0 Å². The van der Waals surface area contributed by atoms with Gasteiger partial charge in [0.05, 0.1) is 0 Å². The Morgan fingerprint density at radius 1 is 0.630 bits per heavy atom. The van der Waals surface area contributed by atoms with Gasteiger partial charge in [-0.05, 0) is 64.6 Å². The minimum Gasteiger partial charge on any atom is -0.378 e. The third-order valence-electron chi connectivity index (χ3n) is 5.01. The zero-order valence-electron chi connectivity index (χ0n) is 17.0. The first-order valence-electron chi connectivity index (χ1n) is 9.24. The molecule has 0 radical (unpaired) electrons. The Labute approximate surface area is 163 Å². The first-order chi connectivity index (χ1) is 12.9. The fourth-order valence-electron chi connectivity index (χ4n) is 3.43. The molecule has 2 nitrogen and oxygen atoms in total. The number of rotatable bonds is 5. The van der Waals surface area contributed by atoms with Crippen LogP contribution in [-0.2, 0) is 0 Å². The Morgan fingerprint density at radius 2 is 1.07 bits per heavy atom. The van der Waals surface area contributed by atoms with E-state index in [1.165, 1.54) is 39.2 Å². The second-order valence-electron chi connectivity index (χ2n) is 7.31. The lowest BCUT2D eigenvalue weighted by Gasteiger charge is -2.19. The van der Waals surface area contributed by atoms with Gasteiger partial charge in [0.1, 0.15) is 0 Å². The van der Waals surface area contributed by atoms with Crippen LogP contribution in [0.5, 0.6) is 0 Å². The lowest BCUT2D eigenvalue weighted by molar-refractivity contribution is 1.13. The summed E-state index contributed by atoms with van der Waals surface area (Å²) in [6, 6.07) is 21.9. The quantitative estimate of drug-likeness (QED) is 0.544. The molecule has 0 atom stereocenters. The third kappa shape index (κ3) is 3.75. The van der Waals surface area contributed by atoms with Crippen molar-refractivity contribution in [2.45, 2.75) is 6.92 Å². The molecule has 2 heteroatoms. The number of anilines is 2. The van der Waals surface area contributed by atoms with E-state index in [0.29, 0.717) is 0 Å². The molecule has 27 heavy (non-hydrogen) atoms. The molecule has 0 aliphatic carbocycles. The maximum absolute atomic E-state index is 4.05. The van der Waals surface area contributed by atoms with Crippen molar-refractivity contribution in [3.63, 3.8) is 0 Å². The van der Waals surface area contributed by atoms with Gasteiger partial charge in [0.25, 0.3) is 0 Å². The predicted octanol–water partition coefficient (Wildman–Crippen LogP) is 6.10. The topological polar surface area (TPSA) is 6.48 Å². The molecule has 0 aliphatic heterocycles. The monoisotopic (exact) mass is 356 g/mol. The number of nitrogens with zero attached hydrogens (tertiary/aromatic N) is 2. The smallest absolute Gasteiger partial charge is 0.0361 e. The second-order valence-corrected chi connectivity index (χ2v) is 7.31. The average Bonchev–Trinajstić information content (AvgIpc) is 2.68. The molecule has 0 saturated heterocycles. The van der Waals surface area contributed by atoms with E-state index < -0.39 is 0 Å². The van der Waals surface area contributed by atoms with E-state index in [1.54, 1.807) is 0 Å². The number of benzene rings is 3. The zero-order valence-corrected chi connectivity index (χ0v) is 17.0. The van der Waals surface area contributed by atoms with Crippen LogP contribution in [0, 0.1) is 6.92 Å². The summed E-state index contributed by atoms with van der Waals surface area (Å²) < 4.78 is 0. The molecule has 0 saturated carbocycles. The lowest BCUT2D eigenvalue weighted by atomic mass is 9.87. The van der Waals surface area contributed by atoms with Crippen LogP contribution in [-0.4, -0.2) is 28.2 Å². The molecule has 0 N–H and O–H groups in total. The van der Waals surface area contributed by atoms with E-state index in [4.69, 9.17) is 0 Å². The average molecular weight is 357 g/mol. The number of aryl methyl sites for hydroxylation is 1. The largest absolute Gasteiger partial charge is 0.378 e. The van der Waals surface area contributed by atoms with Crippen molar-refractivity contribution in [1.29, 1.82) is 0 Å². The fourth-order valence-corrected chi connectivity index (χ4v) is 3.43. The molecule has 0 amide bonds. The van der Waals surface area contributed by atoms with E-state index in [9.17, 15) is 0 Å². The van der Waals surface area contributed by atoms with E-state index >= 15 is 0 Å².